The van der Waals surface area contributed by atoms with Gasteiger partial charge in [0.15, 0.2) is 0 Å². The number of hydrogen-bond acceptors (Lipinski definition) is 3. The number of nitrogens with one attached hydrogen (secondary N) is 1. The Kier molecular flexibility index (Phi) is 5.51. The van der Waals surface area contributed by atoms with Crippen LogP contribution >= 0.6 is 38.9 Å². The molecule has 19 heavy (non-hydrogen) atoms. The molecule has 0 saturated carbocycles. The fourth-order valence-corrected chi connectivity index (χ4v) is 3.71. The van der Waals surface area contributed by atoms with Gasteiger partial charge in [0.1, 0.15) is 17.6 Å². The molecule has 1 unspecified atom stereocenters. The smallest absolute Gasteiger partial charge is 0.126 e. The van der Waals surface area contributed by atoms with E-state index in [9.17, 15) is 0 Å². The van der Waals surface area contributed by atoms with Crippen molar-refractivity contribution in [2.45, 2.75) is 32.7 Å². The fraction of sp³-hybridized carbons (Fsp3) is 0.429. The highest BCUT2D eigenvalue weighted by Crippen LogP contribution is 2.37. The fourth-order valence-electron chi connectivity index (χ4n) is 1.88. The van der Waals surface area contributed by atoms with Gasteiger partial charge < -0.3 is 9.73 Å². The molecule has 0 aliphatic rings. The first-order valence-electron chi connectivity index (χ1n) is 6.42. The minimum absolute atomic E-state index is 0.0778. The molecule has 2 heterocycles. The highest BCUT2D eigenvalue weighted by atomic mass is 79.9. The summed E-state index contributed by atoms with van der Waals surface area (Å²) in [4.78, 5) is 1.17. The van der Waals surface area contributed by atoms with Crippen molar-refractivity contribution in [3.63, 3.8) is 0 Å². The molecule has 0 fully saturated rings. The molecule has 0 bridgehead atoms. The van der Waals surface area contributed by atoms with Crippen molar-refractivity contribution in [2.75, 3.05) is 6.54 Å². The van der Waals surface area contributed by atoms with Crippen molar-refractivity contribution in [3.05, 3.63) is 43.4 Å². The van der Waals surface area contributed by atoms with E-state index in [0.717, 1.165) is 39.7 Å². The van der Waals surface area contributed by atoms with Crippen molar-refractivity contribution < 1.29 is 4.42 Å². The Bertz CT molecular complexity index is 518. The van der Waals surface area contributed by atoms with Crippen LogP contribution in [0.25, 0.3) is 0 Å². The Hall–Kier alpha value is -0.290. The maximum absolute atomic E-state index is 6.13. The molecule has 0 aromatic carbocycles. The first-order valence-corrected chi connectivity index (χ1v) is 8.41. The minimum Gasteiger partial charge on any atom is -0.464 e. The Morgan fingerprint density at radius 2 is 2.21 bits per heavy atom. The number of aryl methyl sites for hydroxylation is 1. The molecule has 0 aliphatic carbocycles. The average molecular weight is 363 g/mol. The first kappa shape index (κ1) is 15.1. The lowest BCUT2D eigenvalue weighted by Crippen LogP contribution is -2.21. The van der Waals surface area contributed by atoms with Gasteiger partial charge in [-0.15, -0.1) is 11.3 Å². The molecule has 104 valence electrons. The summed E-state index contributed by atoms with van der Waals surface area (Å²) in [7, 11) is 0. The molecule has 2 aromatic rings. The van der Waals surface area contributed by atoms with Crippen LogP contribution in [0.1, 0.15) is 42.7 Å². The van der Waals surface area contributed by atoms with Crippen LogP contribution in [-0.4, -0.2) is 6.54 Å². The SMILES string of the molecule is CCCNC(c1ccc(CC)o1)c1cc(Cl)c(Br)s1. The third-order valence-electron chi connectivity index (χ3n) is 2.86. The van der Waals surface area contributed by atoms with E-state index in [4.69, 9.17) is 16.0 Å². The van der Waals surface area contributed by atoms with Crippen molar-refractivity contribution in [3.8, 4) is 0 Å². The van der Waals surface area contributed by atoms with Crippen molar-refractivity contribution in [2.24, 2.45) is 0 Å². The predicted molar refractivity (Wildman–Crippen MR) is 85.3 cm³/mol. The number of hydrogen-bond donors (Lipinski definition) is 1. The van der Waals surface area contributed by atoms with Gasteiger partial charge in [-0.2, -0.15) is 0 Å². The van der Waals surface area contributed by atoms with Crippen molar-refractivity contribution in [1.82, 2.24) is 5.32 Å². The molecule has 2 rings (SSSR count). The summed E-state index contributed by atoms with van der Waals surface area (Å²) in [6.45, 7) is 5.19. The molecule has 0 radical (unpaired) electrons. The zero-order chi connectivity index (χ0) is 13.8. The summed E-state index contributed by atoms with van der Waals surface area (Å²) < 4.78 is 6.85. The number of halogens is 2. The third kappa shape index (κ3) is 3.63. The molecule has 2 aromatic heterocycles. The van der Waals surface area contributed by atoms with E-state index in [0.29, 0.717) is 0 Å². The van der Waals surface area contributed by atoms with Crippen LogP contribution in [0.4, 0.5) is 0 Å². The van der Waals surface area contributed by atoms with Gasteiger partial charge in [0.25, 0.3) is 0 Å². The van der Waals surface area contributed by atoms with Gasteiger partial charge in [0.2, 0.25) is 0 Å². The molecule has 5 heteroatoms. The van der Waals surface area contributed by atoms with Gasteiger partial charge in [-0.25, -0.2) is 0 Å². The summed E-state index contributed by atoms with van der Waals surface area (Å²) in [5, 5.41) is 4.27. The topological polar surface area (TPSA) is 25.2 Å². The van der Waals surface area contributed by atoms with Gasteiger partial charge in [0.05, 0.1) is 8.81 Å². The summed E-state index contributed by atoms with van der Waals surface area (Å²) >= 11 is 11.3. The van der Waals surface area contributed by atoms with Crippen LogP contribution in [0.3, 0.4) is 0 Å². The summed E-state index contributed by atoms with van der Waals surface area (Å²) in [6.07, 6.45) is 1.99. The highest BCUT2D eigenvalue weighted by molar-refractivity contribution is 9.11. The molecule has 0 aliphatic heterocycles. The molecule has 0 saturated heterocycles. The van der Waals surface area contributed by atoms with Gasteiger partial charge in [-0.05, 0) is 47.1 Å². The van der Waals surface area contributed by atoms with Crippen LogP contribution in [0.5, 0.6) is 0 Å². The Morgan fingerprint density at radius 1 is 1.42 bits per heavy atom. The van der Waals surface area contributed by atoms with E-state index in [2.05, 4.69) is 35.1 Å². The molecule has 2 nitrogen and oxygen atoms in total. The highest BCUT2D eigenvalue weighted by Gasteiger charge is 2.20. The monoisotopic (exact) mass is 361 g/mol. The van der Waals surface area contributed by atoms with Crippen LogP contribution in [-0.2, 0) is 6.42 Å². The summed E-state index contributed by atoms with van der Waals surface area (Å²) in [5.74, 6) is 1.97. The van der Waals surface area contributed by atoms with E-state index in [1.54, 1.807) is 11.3 Å². The number of rotatable bonds is 6. The zero-order valence-corrected chi connectivity index (χ0v) is 14.2. The van der Waals surface area contributed by atoms with E-state index < -0.39 is 0 Å². The second kappa shape index (κ2) is 6.93. The standard InChI is InChI=1S/C14H17BrClNOS/c1-3-7-17-13(11-6-5-9(4-2)18-11)12-8-10(16)14(15)19-12/h5-6,8,13,17H,3-4,7H2,1-2H3. The molecule has 0 amide bonds. The predicted octanol–water partition coefficient (Wildman–Crippen LogP) is 5.41. The van der Waals surface area contributed by atoms with Gasteiger partial charge in [-0.3, -0.25) is 0 Å². The lowest BCUT2D eigenvalue weighted by Gasteiger charge is -2.14. The normalized spacial score (nSPS) is 12.8. The first-order chi connectivity index (χ1) is 9.15. The van der Waals surface area contributed by atoms with Crippen LogP contribution in [0.2, 0.25) is 5.02 Å². The van der Waals surface area contributed by atoms with Gasteiger partial charge in [0, 0.05) is 11.3 Å². The zero-order valence-electron chi connectivity index (χ0n) is 11.0. The van der Waals surface area contributed by atoms with E-state index in [1.165, 1.54) is 4.88 Å². The molecular weight excluding hydrogens is 346 g/mol. The van der Waals surface area contributed by atoms with E-state index in [-0.39, 0.29) is 6.04 Å². The second-order valence-corrected chi connectivity index (χ2v) is 7.12. The van der Waals surface area contributed by atoms with E-state index >= 15 is 0 Å². The van der Waals surface area contributed by atoms with Crippen molar-refractivity contribution in [1.29, 1.82) is 0 Å². The van der Waals surface area contributed by atoms with Crippen molar-refractivity contribution >= 4 is 38.9 Å². The van der Waals surface area contributed by atoms with Gasteiger partial charge in [-0.1, -0.05) is 25.4 Å². The third-order valence-corrected chi connectivity index (χ3v) is 5.40. The molecule has 1 atom stereocenters. The maximum Gasteiger partial charge on any atom is 0.126 e. The van der Waals surface area contributed by atoms with Crippen LogP contribution in [0, 0.1) is 0 Å². The quantitative estimate of drug-likeness (QED) is 0.743. The van der Waals surface area contributed by atoms with Crippen LogP contribution in [0.15, 0.2) is 26.4 Å². The lowest BCUT2D eigenvalue weighted by molar-refractivity contribution is 0.424. The molecule has 0 spiro atoms. The number of thiophene rings is 1. The molecule has 1 N–H and O–H groups in total. The average Bonchev–Trinajstić information content (AvgIpc) is 2.98. The lowest BCUT2D eigenvalue weighted by atomic mass is 10.2. The minimum atomic E-state index is 0.0778. The Morgan fingerprint density at radius 3 is 2.74 bits per heavy atom. The Balaban J connectivity index is 2.29. The van der Waals surface area contributed by atoms with E-state index in [1.807, 2.05) is 18.2 Å². The Labute approximate surface area is 131 Å². The van der Waals surface area contributed by atoms with Crippen LogP contribution < -0.4 is 5.32 Å². The molecular formula is C14H17BrClNOS. The largest absolute Gasteiger partial charge is 0.464 e. The maximum atomic E-state index is 6.13. The number of furan rings is 1. The summed E-state index contributed by atoms with van der Waals surface area (Å²) in [5.41, 5.74) is 0. The summed E-state index contributed by atoms with van der Waals surface area (Å²) in [6, 6.07) is 6.17. The van der Waals surface area contributed by atoms with Gasteiger partial charge >= 0.3 is 0 Å². The second-order valence-electron chi connectivity index (χ2n) is 4.32.